The van der Waals surface area contributed by atoms with E-state index in [-0.39, 0.29) is 19.4 Å². The van der Waals surface area contributed by atoms with Gasteiger partial charge in [-0.3, -0.25) is 14.1 Å². The van der Waals surface area contributed by atoms with Crippen LogP contribution >= 0.6 is 7.82 Å². The number of rotatable bonds is 29. The molecular formula is C31H59O8P. The Balaban J connectivity index is 4.04. The number of phosphoric acid groups is 1. The molecule has 0 fully saturated rings. The molecule has 0 aromatic heterocycles. The smallest absolute Gasteiger partial charge is 0.462 e. The Morgan fingerprint density at radius 1 is 0.625 bits per heavy atom. The number of carbonyl (C=O) groups excluding carboxylic acids is 2. The van der Waals surface area contributed by atoms with Gasteiger partial charge in [0.1, 0.15) is 6.61 Å². The topological polar surface area (TPSA) is 119 Å². The molecule has 2 N–H and O–H groups in total. The second-order valence-electron chi connectivity index (χ2n) is 10.8. The van der Waals surface area contributed by atoms with Crippen molar-refractivity contribution in [2.45, 2.75) is 161 Å². The summed E-state index contributed by atoms with van der Waals surface area (Å²) in [6.45, 7) is 3.60. The Hall–Kier alpha value is -1.21. The number of unbranched alkanes of at least 4 members (excludes halogenated alkanes) is 17. The van der Waals surface area contributed by atoms with Crippen molar-refractivity contribution in [2.24, 2.45) is 0 Å². The predicted octanol–water partition coefficient (Wildman–Crippen LogP) is 8.73. The lowest BCUT2D eigenvalue weighted by Gasteiger charge is -2.18. The lowest BCUT2D eigenvalue weighted by Crippen LogP contribution is -2.29. The van der Waals surface area contributed by atoms with Gasteiger partial charge >= 0.3 is 19.8 Å². The molecule has 9 heteroatoms. The molecule has 236 valence electrons. The predicted molar refractivity (Wildman–Crippen MR) is 161 cm³/mol. The van der Waals surface area contributed by atoms with E-state index in [9.17, 15) is 14.2 Å². The summed E-state index contributed by atoms with van der Waals surface area (Å²) < 4.78 is 26.1. The Kier molecular flexibility index (Phi) is 27.1. The van der Waals surface area contributed by atoms with E-state index in [0.717, 1.165) is 57.8 Å². The van der Waals surface area contributed by atoms with Crippen LogP contribution in [0, 0.1) is 0 Å². The molecule has 0 bridgehead atoms. The first-order chi connectivity index (χ1) is 19.3. The van der Waals surface area contributed by atoms with Gasteiger partial charge in [-0.25, -0.2) is 4.57 Å². The average molecular weight is 591 g/mol. The monoisotopic (exact) mass is 590 g/mol. The van der Waals surface area contributed by atoms with Crippen molar-refractivity contribution in [3.63, 3.8) is 0 Å². The van der Waals surface area contributed by atoms with Crippen molar-refractivity contribution in [3.8, 4) is 0 Å². The summed E-state index contributed by atoms with van der Waals surface area (Å²) in [6.07, 6.45) is 26.5. The SMILES string of the molecule is CCCC/C=C/CCCCCCCC(=O)OC[C@H](COP(=O)(O)O)OC(=O)CCCCCCCCCCCCC. The van der Waals surface area contributed by atoms with Gasteiger partial charge in [0.15, 0.2) is 6.10 Å². The minimum atomic E-state index is -4.74. The Morgan fingerprint density at radius 2 is 1.07 bits per heavy atom. The summed E-state index contributed by atoms with van der Waals surface area (Å²) in [5.74, 6) is -0.895. The molecule has 1 atom stereocenters. The molecule has 0 saturated heterocycles. The Labute approximate surface area is 244 Å². The second kappa shape index (κ2) is 27.9. The van der Waals surface area contributed by atoms with E-state index < -0.39 is 32.5 Å². The van der Waals surface area contributed by atoms with Gasteiger partial charge in [0, 0.05) is 12.8 Å². The fraction of sp³-hybridized carbons (Fsp3) is 0.871. The largest absolute Gasteiger partial charge is 0.469 e. The van der Waals surface area contributed by atoms with Crippen molar-refractivity contribution in [1.82, 2.24) is 0 Å². The van der Waals surface area contributed by atoms with Crippen LogP contribution in [0.3, 0.4) is 0 Å². The molecule has 8 nitrogen and oxygen atoms in total. The molecule has 0 aliphatic carbocycles. The van der Waals surface area contributed by atoms with Gasteiger partial charge in [0.05, 0.1) is 6.61 Å². The summed E-state index contributed by atoms with van der Waals surface area (Å²) in [7, 11) is -4.74. The van der Waals surface area contributed by atoms with Crippen LogP contribution in [0.4, 0.5) is 0 Å². The third-order valence-electron chi connectivity index (χ3n) is 6.78. The quantitative estimate of drug-likeness (QED) is 0.0384. The molecule has 0 aromatic carbocycles. The number of phosphoric ester groups is 1. The van der Waals surface area contributed by atoms with Gasteiger partial charge in [0.2, 0.25) is 0 Å². The van der Waals surface area contributed by atoms with E-state index in [0.29, 0.717) is 12.8 Å². The number of ether oxygens (including phenoxy) is 2. The zero-order chi connectivity index (χ0) is 29.7. The maximum absolute atomic E-state index is 12.3. The van der Waals surface area contributed by atoms with Crippen LogP contribution < -0.4 is 0 Å². The maximum atomic E-state index is 12.3. The molecule has 0 heterocycles. The molecule has 0 rings (SSSR count). The van der Waals surface area contributed by atoms with Gasteiger partial charge in [-0.2, -0.15) is 0 Å². The number of carbonyl (C=O) groups is 2. The molecule has 0 amide bonds. The normalized spacial score (nSPS) is 12.6. The first-order valence-electron chi connectivity index (χ1n) is 16.0. The lowest BCUT2D eigenvalue weighted by atomic mass is 10.1. The standard InChI is InChI=1S/C31H59O8P/c1-3-5-7-9-11-13-15-17-19-21-23-25-30(32)37-27-29(28-38-40(34,35)36)39-31(33)26-24-22-20-18-16-14-12-10-8-6-4-2/h9,11,29H,3-8,10,12-28H2,1-2H3,(H2,34,35,36)/b11-9+/t29-/m1/s1. The first kappa shape index (κ1) is 38.8. The molecular weight excluding hydrogens is 531 g/mol. The summed E-state index contributed by atoms with van der Waals surface area (Å²) in [5.41, 5.74) is 0. The molecule has 40 heavy (non-hydrogen) atoms. The van der Waals surface area contributed by atoms with Crippen molar-refractivity contribution < 1.29 is 37.9 Å². The van der Waals surface area contributed by atoms with Crippen LogP contribution in [0.15, 0.2) is 12.2 Å². The van der Waals surface area contributed by atoms with Gasteiger partial charge in [-0.1, -0.05) is 122 Å². The minimum Gasteiger partial charge on any atom is -0.462 e. The highest BCUT2D eigenvalue weighted by Gasteiger charge is 2.22. The summed E-state index contributed by atoms with van der Waals surface area (Å²) in [4.78, 5) is 42.4. The molecule has 0 aliphatic rings. The molecule has 0 unspecified atom stereocenters. The maximum Gasteiger partial charge on any atom is 0.469 e. The van der Waals surface area contributed by atoms with Gasteiger partial charge in [-0.05, 0) is 32.1 Å². The fourth-order valence-corrected chi connectivity index (χ4v) is 4.71. The fourth-order valence-electron chi connectivity index (χ4n) is 4.35. The number of allylic oxidation sites excluding steroid dienone is 2. The van der Waals surface area contributed by atoms with Crippen LogP contribution in [-0.4, -0.2) is 41.0 Å². The molecule has 0 radical (unpaired) electrons. The first-order valence-corrected chi connectivity index (χ1v) is 17.5. The van der Waals surface area contributed by atoms with E-state index in [1.807, 2.05) is 0 Å². The Bertz CT molecular complexity index is 676. The zero-order valence-electron chi connectivity index (χ0n) is 25.5. The number of esters is 2. The zero-order valence-corrected chi connectivity index (χ0v) is 26.4. The van der Waals surface area contributed by atoms with E-state index in [2.05, 4.69) is 30.5 Å². The number of hydrogen-bond acceptors (Lipinski definition) is 6. The summed E-state index contributed by atoms with van der Waals surface area (Å²) >= 11 is 0. The average Bonchev–Trinajstić information content (AvgIpc) is 2.91. The van der Waals surface area contributed by atoms with Gasteiger partial charge < -0.3 is 19.3 Å². The highest BCUT2D eigenvalue weighted by molar-refractivity contribution is 7.46. The lowest BCUT2D eigenvalue weighted by molar-refractivity contribution is -0.161. The van der Waals surface area contributed by atoms with Crippen LogP contribution in [0.5, 0.6) is 0 Å². The Morgan fingerprint density at radius 3 is 1.60 bits per heavy atom. The third-order valence-corrected chi connectivity index (χ3v) is 7.27. The second-order valence-corrected chi connectivity index (χ2v) is 12.0. The van der Waals surface area contributed by atoms with Crippen LogP contribution in [0.1, 0.15) is 155 Å². The minimum absolute atomic E-state index is 0.214. The highest BCUT2D eigenvalue weighted by Crippen LogP contribution is 2.35. The van der Waals surface area contributed by atoms with E-state index in [1.165, 1.54) is 57.8 Å². The molecule has 0 saturated carbocycles. The van der Waals surface area contributed by atoms with Crippen molar-refractivity contribution in [3.05, 3.63) is 12.2 Å². The molecule has 0 aliphatic heterocycles. The van der Waals surface area contributed by atoms with Crippen molar-refractivity contribution >= 4 is 19.8 Å². The van der Waals surface area contributed by atoms with Crippen LogP contribution in [0.2, 0.25) is 0 Å². The number of hydrogen-bond donors (Lipinski definition) is 2. The molecule has 0 aromatic rings. The summed E-state index contributed by atoms with van der Waals surface area (Å²) in [5, 5.41) is 0. The van der Waals surface area contributed by atoms with Crippen molar-refractivity contribution in [1.29, 1.82) is 0 Å². The summed E-state index contributed by atoms with van der Waals surface area (Å²) in [6, 6.07) is 0. The van der Waals surface area contributed by atoms with Crippen LogP contribution in [0.25, 0.3) is 0 Å². The van der Waals surface area contributed by atoms with Gasteiger partial charge in [0.25, 0.3) is 0 Å². The van der Waals surface area contributed by atoms with Crippen molar-refractivity contribution in [2.75, 3.05) is 13.2 Å². The third kappa shape index (κ3) is 29.8. The van der Waals surface area contributed by atoms with E-state index in [1.54, 1.807) is 0 Å². The highest BCUT2D eigenvalue weighted by atomic mass is 31.2. The molecule has 0 spiro atoms. The van der Waals surface area contributed by atoms with E-state index >= 15 is 0 Å². The van der Waals surface area contributed by atoms with Gasteiger partial charge in [-0.15, -0.1) is 0 Å². The van der Waals surface area contributed by atoms with E-state index in [4.69, 9.17) is 19.3 Å². The van der Waals surface area contributed by atoms with Crippen LogP contribution in [-0.2, 0) is 28.2 Å².